The van der Waals surface area contributed by atoms with Crippen LogP contribution in [0.5, 0.6) is 0 Å². The Bertz CT molecular complexity index is 1060. The Kier molecular flexibility index (Phi) is 4.43. The van der Waals surface area contributed by atoms with Crippen molar-refractivity contribution in [2.24, 2.45) is 7.05 Å². The minimum Gasteiger partial charge on any atom is -0.349 e. The highest BCUT2D eigenvalue weighted by Crippen LogP contribution is 2.36. The van der Waals surface area contributed by atoms with Crippen molar-refractivity contribution in [3.63, 3.8) is 0 Å². The first-order valence-electron chi connectivity index (χ1n) is 10.4. The van der Waals surface area contributed by atoms with E-state index in [-0.39, 0.29) is 17.8 Å². The molecule has 0 saturated carbocycles. The van der Waals surface area contributed by atoms with Crippen molar-refractivity contribution in [3.8, 4) is 11.3 Å². The second-order valence-corrected chi connectivity index (χ2v) is 8.50. The minimum absolute atomic E-state index is 0.0323. The van der Waals surface area contributed by atoms with Gasteiger partial charge in [0.25, 0.3) is 5.91 Å². The van der Waals surface area contributed by atoms with Crippen LogP contribution >= 0.6 is 0 Å². The minimum atomic E-state index is -0.277. The largest absolute Gasteiger partial charge is 0.349 e. The van der Waals surface area contributed by atoms with Crippen LogP contribution in [0.3, 0.4) is 0 Å². The van der Waals surface area contributed by atoms with Crippen LogP contribution < -0.4 is 5.32 Å². The second kappa shape index (κ2) is 6.99. The third kappa shape index (κ3) is 3.04. The highest BCUT2D eigenvalue weighted by molar-refractivity contribution is 6.12. The van der Waals surface area contributed by atoms with E-state index in [2.05, 4.69) is 17.3 Å². The lowest BCUT2D eigenvalue weighted by atomic mass is 9.97. The number of nitrogens with zero attached hydrogens (tertiary/aromatic N) is 2. The molecule has 3 aromatic rings. The number of para-hydroxylation sites is 1. The third-order valence-corrected chi connectivity index (χ3v) is 6.89. The van der Waals surface area contributed by atoms with Crippen molar-refractivity contribution in [1.82, 2.24) is 14.8 Å². The van der Waals surface area contributed by atoms with Crippen molar-refractivity contribution in [2.75, 3.05) is 7.05 Å². The van der Waals surface area contributed by atoms with Crippen LogP contribution in [0.4, 0.5) is 4.39 Å². The molecule has 5 heteroatoms. The average molecular weight is 391 g/mol. The summed E-state index contributed by atoms with van der Waals surface area (Å²) in [7, 11) is 4.17. The summed E-state index contributed by atoms with van der Waals surface area (Å²) in [5.41, 5.74) is 3.36. The number of nitrogens with one attached hydrogen (secondary N) is 1. The first-order valence-corrected chi connectivity index (χ1v) is 10.4. The summed E-state index contributed by atoms with van der Waals surface area (Å²) in [5, 5.41) is 4.26. The number of aromatic nitrogens is 1. The Hall–Kier alpha value is -2.66. The van der Waals surface area contributed by atoms with Crippen LogP contribution in [-0.2, 0) is 7.05 Å². The lowest BCUT2D eigenvalue weighted by molar-refractivity contribution is 0.0884. The van der Waals surface area contributed by atoms with Gasteiger partial charge in [0.05, 0.1) is 11.3 Å². The fourth-order valence-corrected chi connectivity index (χ4v) is 5.36. The van der Waals surface area contributed by atoms with Gasteiger partial charge in [0, 0.05) is 36.1 Å². The van der Waals surface area contributed by atoms with Crippen molar-refractivity contribution >= 4 is 16.8 Å². The Labute approximate surface area is 170 Å². The SMILES string of the molecule is CN1C2CCC1CC(NC(=O)c1c(-c3ccc(F)cc3)n(C)c3ccccc13)C2. The molecule has 29 heavy (non-hydrogen) atoms. The first kappa shape index (κ1) is 18.4. The van der Waals surface area contributed by atoms with Gasteiger partial charge >= 0.3 is 0 Å². The second-order valence-electron chi connectivity index (χ2n) is 8.50. The monoisotopic (exact) mass is 391 g/mol. The van der Waals surface area contributed by atoms with E-state index in [4.69, 9.17) is 0 Å². The Morgan fingerprint density at radius 2 is 1.66 bits per heavy atom. The number of amides is 1. The van der Waals surface area contributed by atoms with Crippen molar-refractivity contribution < 1.29 is 9.18 Å². The van der Waals surface area contributed by atoms with E-state index in [9.17, 15) is 9.18 Å². The molecule has 0 radical (unpaired) electrons. The Balaban J connectivity index is 1.54. The molecular formula is C24H26FN3O. The summed E-state index contributed by atoms with van der Waals surface area (Å²) in [4.78, 5) is 16.0. The summed E-state index contributed by atoms with van der Waals surface area (Å²) in [5.74, 6) is -0.310. The molecule has 150 valence electrons. The fourth-order valence-electron chi connectivity index (χ4n) is 5.36. The highest BCUT2D eigenvalue weighted by atomic mass is 19.1. The van der Waals surface area contributed by atoms with Crippen molar-refractivity contribution in [2.45, 2.75) is 43.8 Å². The van der Waals surface area contributed by atoms with E-state index in [1.807, 2.05) is 35.9 Å². The number of hydrogen-bond acceptors (Lipinski definition) is 2. The molecule has 1 N–H and O–H groups in total. The zero-order chi connectivity index (χ0) is 20.1. The van der Waals surface area contributed by atoms with Gasteiger partial charge in [-0.05, 0) is 68.6 Å². The number of carbonyl (C=O) groups excluding carboxylic acids is 1. The molecule has 0 spiro atoms. The maximum Gasteiger partial charge on any atom is 0.254 e. The molecule has 1 aromatic heterocycles. The lowest BCUT2D eigenvalue weighted by Crippen LogP contribution is -2.48. The van der Waals surface area contributed by atoms with Gasteiger partial charge in [0.15, 0.2) is 0 Å². The third-order valence-electron chi connectivity index (χ3n) is 6.89. The molecule has 5 rings (SSSR count). The van der Waals surface area contributed by atoms with Crippen LogP contribution in [0, 0.1) is 5.82 Å². The van der Waals surface area contributed by atoms with Gasteiger partial charge in [0.2, 0.25) is 0 Å². The average Bonchev–Trinajstić information content (AvgIpc) is 3.11. The molecule has 2 fully saturated rings. The van der Waals surface area contributed by atoms with Crippen molar-refractivity contribution in [3.05, 3.63) is 59.9 Å². The zero-order valence-corrected chi connectivity index (χ0v) is 16.9. The van der Waals surface area contributed by atoms with Crippen LogP contribution in [0.25, 0.3) is 22.2 Å². The van der Waals surface area contributed by atoms with Gasteiger partial charge in [0.1, 0.15) is 5.82 Å². The quantitative estimate of drug-likeness (QED) is 0.721. The molecule has 2 unspecified atom stereocenters. The first-order chi connectivity index (χ1) is 14.0. The summed E-state index contributed by atoms with van der Waals surface area (Å²) in [6.45, 7) is 0. The number of aryl methyl sites for hydroxylation is 1. The smallest absolute Gasteiger partial charge is 0.254 e. The van der Waals surface area contributed by atoms with Crippen LogP contribution in [0.15, 0.2) is 48.5 Å². The van der Waals surface area contributed by atoms with Crippen molar-refractivity contribution in [1.29, 1.82) is 0 Å². The zero-order valence-electron chi connectivity index (χ0n) is 16.9. The summed E-state index contributed by atoms with van der Waals surface area (Å²) < 4.78 is 15.5. The number of benzene rings is 2. The van der Waals surface area contributed by atoms with E-state index >= 15 is 0 Å². The molecule has 2 atom stereocenters. The number of fused-ring (bicyclic) bond motifs is 3. The van der Waals surface area contributed by atoms with Crippen LogP contribution in [0.2, 0.25) is 0 Å². The molecule has 2 aliphatic rings. The van der Waals surface area contributed by atoms with Gasteiger partial charge in [-0.1, -0.05) is 18.2 Å². The van der Waals surface area contributed by atoms with E-state index in [0.717, 1.165) is 35.0 Å². The molecular weight excluding hydrogens is 365 g/mol. The van der Waals surface area contributed by atoms with E-state index < -0.39 is 0 Å². The van der Waals surface area contributed by atoms with Gasteiger partial charge in [-0.25, -0.2) is 4.39 Å². The van der Waals surface area contributed by atoms with E-state index in [1.54, 1.807) is 12.1 Å². The standard InChI is InChI=1S/C24H26FN3O/c1-27-18-11-12-19(27)14-17(13-18)26-24(29)22-20-5-3-4-6-21(20)28(2)23(22)15-7-9-16(25)10-8-15/h3-10,17-19H,11-14H2,1-2H3,(H,26,29). The molecule has 4 nitrogen and oxygen atoms in total. The molecule has 2 saturated heterocycles. The van der Waals surface area contributed by atoms with Gasteiger partial charge in [-0.2, -0.15) is 0 Å². The molecule has 2 bridgehead atoms. The van der Waals surface area contributed by atoms with Gasteiger partial charge in [-0.15, -0.1) is 0 Å². The highest BCUT2D eigenvalue weighted by Gasteiger charge is 2.39. The number of piperidine rings is 1. The summed E-state index contributed by atoms with van der Waals surface area (Å²) >= 11 is 0. The molecule has 1 amide bonds. The van der Waals surface area contributed by atoms with Gasteiger partial charge in [-0.3, -0.25) is 4.79 Å². The van der Waals surface area contributed by atoms with Gasteiger partial charge < -0.3 is 14.8 Å². The van der Waals surface area contributed by atoms with Crippen LogP contribution in [-0.4, -0.2) is 40.5 Å². The topological polar surface area (TPSA) is 37.3 Å². The molecule has 2 aromatic carbocycles. The molecule has 0 aliphatic carbocycles. The number of hydrogen-bond donors (Lipinski definition) is 1. The normalized spacial score (nSPS) is 24.2. The van der Waals surface area contributed by atoms with E-state index in [0.29, 0.717) is 17.6 Å². The Morgan fingerprint density at radius 3 is 2.34 bits per heavy atom. The Morgan fingerprint density at radius 1 is 1.00 bits per heavy atom. The fraction of sp³-hybridized carbons (Fsp3) is 0.375. The number of halogens is 1. The lowest BCUT2D eigenvalue weighted by Gasteiger charge is -2.36. The number of rotatable bonds is 3. The predicted molar refractivity (Wildman–Crippen MR) is 113 cm³/mol. The number of carbonyl (C=O) groups is 1. The predicted octanol–water partition coefficient (Wildman–Crippen LogP) is 4.34. The maximum absolute atomic E-state index is 13.5. The van der Waals surface area contributed by atoms with Crippen LogP contribution in [0.1, 0.15) is 36.0 Å². The molecule has 3 heterocycles. The molecule has 2 aliphatic heterocycles. The maximum atomic E-state index is 13.5. The summed E-state index contributed by atoms with van der Waals surface area (Å²) in [6.07, 6.45) is 4.47. The van der Waals surface area contributed by atoms with E-state index in [1.165, 1.54) is 25.0 Å². The summed E-state index contributed by atoms with van der Waals surface area (Å²) in [6, 6.07) is 15.7.